The maximum atomic E-state index is 13.1. The monoisotopic (exact) mass is 498 g/mol. The summed E-state index contributed by atoms with van der Waals surface area (Å²) in [5.41, 5.74) is -5.59. The van der Waals surface area contributed by atoms with E-state index in [1.165, 1.54) is 25.1 Å². The molecule has 0 aliphatic carbocycles. The Morgan fingerprint density at radius 1 is 1.15 bits per heavy atom. The first-order valence-electron chi connectivity index (χ1n) is 9.33. The van der Waals surface area contributed by atoms with E-state index in [0.29, 0.717) is 11.3 Å². The Hall–Kier alpha value is -3.31. The fourth-order valence-corrected chi connectivity index (χ4v) is 4.04. The van der Waals surface area contributed by atoms with Crippen molar-refractivity contribution in [2.45, 2.75) is 18.9 Å². The molecule has 7 nitrogen and oxygen atoms in total. The Morgan fingerprint density at radius 3 is 2.45 bits per heavy atom. The number of aromatic amines is 1. The molecule has 0 aliphatic rings. The van der Waals surface area contributed by atoms with Crippen molar-refractivity contribution in [2.24, 2.45) is 0 Å². The van der Waals surface area contributed by atoms with Gasteiger partial charge in [0.25, 0.3) is 5.56 Å². The van der Waals surface area contributed by atoms with E-state index < -0.39 is 32.5 Å². The minimum Gasteiger partial charge on any atom is -0.374 e. The maximum Gasteiger partial charge on any atom is 0.534 e. The van der Waals surface area contributed by atoms with Gasteiger partial charge in [0.15, 0.2) is 11.5 Å². The van der Waals surface area contributed by atoms with E-state index in [4.69, 9.17) is 16.1 Å². The Labute approximate surface area is 189 Å². The fourth-order valence-electron chi connectivity index (χ4n) is 3.31. The molecule has 12 heteroatoms. The summed E-state index contributed by atoms with van der Waals surface area (Å²) in [6.07, 6.45) is 0.250. The van der Waals surface area contributed by atoms with Gasteiger partial charge >= 0.3 is 15.6 Å². The van der Waals surface area contributed by atoms with Crippen LogP contribution in [0, 0.1) is 6.92 Å². The number of hydrogen-bond acceptors (Lipinski definition) is 6. The lowest BCUT2D eigenvalue weighted by Gasteiger charge is -2.16. The first-order chi connectivity index (χ1) is 15.5. The van der Waals surface area contributed by atoms with Crippen LogP contribution < -0.4 is 9.74 Å². The van der Waals surface area contributed by atoms with Crippen LogP contribution in [0.25, 0.3) is 22.2 Å². The molecule has 1 N–H and O–H groups in total. The molecule has 0 atom stereocenters. The molecule has 0 bridgehead atoms. The van der Waals surface area contributed by atoms with Crippen molar-refractivity contribution in [3.05, 3.63) is 80.7 Å². The lowest BCUT2D eigenvalue weighted by atomic mass is 10.00. The van der Waals surface area contributed by atoms with Gasteiger partial charge in [0.05, 0.1) is 11.2 Å². The number of nitrogens with zero attached hydrogens (tertiary/aromatic N) is 1. The third kappa shape index (κ3) is 4.46. The molecule has 172 valence electrons. The minimum atomic E-state index is -6.13. The van der Waals surface area contributed by atoms with Crippen molar-refractivity contribution in [3.63, 3.8) is 0 Å². The van der Waals surface area contributed by atoms with E-state index in [0.717, 1.165) is 5.56 Å². The number of nitrogens with one attached hydrogen (secondary N) is 1. The smallest absolute Gasteiger partial charge is 0.374 e. The van der Waals surface area contributed by atoms with Crippen LogP contribution in [0.15, 0.2) is 57.8 Å². The molecule has 0 fully saturated rings. The second-order valence-electron chi connectivity index (χ2n) is 7.12. The minimum absolute atomic E-state index is 0.0700. The van der Waals surface area contributed by atoms with Crippen molar-refractivity contribution in [3.8, 4) is 17.1 Å². The van der Waals surface area contributed by atoms with Crippen LogP contribution in [0.1, 0.15) is 16.8 Å². The molecule has 0 unspecified atom stereocenters. The summed E-state index contributed by atoms with van der Waals surface area (Å²) >= 11 is 6.21. The third-order valence-electron chi connectivity index (χ3n) is 4.71. The quantitative estimate of drug-likeness (QED) is 0.308. The Bertz CT molecular complexity index is 1510. The number of aromatic nitrogens is 2. The van der Waals surface area contributed by atoms with E-state index in [-0.39, 0.29) is 28.1 Å². The highest BCUT2D eigenvalue weighted by atomic mass is 35.5. The molecule has 0 spiro atoms. The van der Waals surface area contributed by atoms with Crippen molar-refractivity contribution in [2.75, 3.05) is 0 Å². The van der Waals surface area contributed by atoms with Crippen LogP contribution in [-0.2, 0) is 16.5 Å². The van der Waals surface area contributed by atoms with Gasteiger partial charge in [-0.3, -0.25) is 4.79 Å². The first kappa shape index (κ1) is 22.9. The third-order valence-corrected chi connectivity index (χ3v) is 5.88. The predicted octanol–water partition coefficient (Wildman–Crippen LogP) is 4.96. The van der Waals surface area contributed by atoms with Gasteiger partial charge in [0.2, 0.25) is 0 Å². The Kier molecular flexibility index (Phi) is 5.71. The zero-order chi connectivity index (χ0) is 24.0. The van der Waals surface area contributed by atoms with Crippen LogP contribution in [0.2, 0.25) is 5.02 Å². The fraction of sp³-hybridized carbons (Fsp3) is 0.143. The summed E-state index contributed by atoms with van der Waals surface area (Å²) in [5, 5.41) is 3.55. The summed E-state index contributed by atoms with van der Waals surface area (Å²) in [6, 6.07) is 13.0. The average molecular weight is 499 g/mol. The zero-order valence-electron chi connectivity index (χ0n) is 16.7. The van der Waals surface area contributed by atoms with Crippen LogP contribution in [0.4, 0.5) is 13.2 Å². The van der Waals surface area contributed by atoms with Crippen LogP contribution in [0.3, 0.4) is 0 Å². The lowest BCUT2D eigenvalue weighted by Crippen LogP contribution is -2.29. The number of pyridine rings is 1. The molecule has 33 heavy (non-hydrogen) atoms. The standard InChI is InChI=1S/C21H14ClF3N2O5S/c1-11-7-16(31-27-11)17-19(32-33(29,30)21(23,24)25)15-10-14(22)9-13(18(15)26-20(17)28)8-12-5-3-2-4-6-12/h2-7,9-10H,8H2,1H3,(H,26,28). The number of H-pyrrole nitrogens is 1. The SMILES string of the molecule is Cc1cc(-c2c(OS(=O)(=O)C(F)(F)F)c3cc(Cl)cc(Cc4ccccc4)c3[nH]c2=O)on1. The molecule has 4 rings (SSSR count). The largest absolute Gasteiger partial charge is 0.534 e. The molecule has 0 saturated carbocycles. The normalized spacial score (nSPS) is 12.3. The van der Waals surface area contributed by atoms with Gasteiger partial charge in [-0.1, -0.05) is 47.1 Å². The molecule has 0 aliphatic heterocycles. The topological polar surface area (TPSA) is 102 Å². The van der Waals surface area contributed by atoms with E-state index in [9.17, 15) is 26.4 Å². The van der Waals surface area contributed by atoms with E-state index in [1.54, 1.807) is 18.2 Å². The van der Waals surface area contributed by atoms with E-state index in [1.807, 2.05) is 12.1 Å². The second-order valence-corrected chi connectivity index (χ2v) is 9.10. The molecule has 2 aromatic carbocycles. The molecule has 0 radical (unpaired) electrons. The van der Waals surface area contributed by atoms with Crippen molar-refractivity contribution in [1.29, 1.82) is 0 Å². The number of halogens is 4. The van der Waals surface area contributed by atoms with E-state index >= 15 is 0 Å². The number of fused-ring (bicyclic) bond motifs is 1. The Morgan fingerprint density at radius 2 is 1.85 bits per heavy atom. The van der Waals surface area contributed by atoms with Gasteiger partial charge in [-0.25, -0.2) is 0 Å². The molecular weight excluding hydrogens is 485 g/mol. The number of hydrogen-bond donors (Lipinski definition) is 1. The average Bonchev–Trinajstić information content (AvgIpc) is 3.14. The van der Waals surface area contributed by atoms with Gasteiger partial charge in [0.1, 0.15) is 5.56 Å². The number of aryl methyl sites for hydroxylation is 1. The van der Waals surface area contributed by atoms with Gasteiger partial charge in [-0.05, 0) is 36.6 Å². The molecule has 0 amide bonds. The van der Waals surface area contributed by atoms with Gasteiger partial charge < -0.3 is 13.7 Å². The first-order valence-corrected chi connectivity index (χ1v) is 11.1. The summed E-state index contributed by atoms with van der Waals surface area (Å²) in [4.78, 5) is 15.5. The summed E-state index contributed by atoms with van der Waals surface area (Å²) in [6.45, 7) is 1.52. The molecule has 2 aromatic heterocycles. The highest BCUT2D eigenvalue weighted by molar-refractivity contribution is 7.88. The maximum absolute atomic E-state index is 13.1. The Balaban J connectivity index is 2.04. The van der Waals surface area contributed by atoms with Gasteiger partial charge in [-0.2, -0.15) is 21.6 Å². The predicted molar refractivity (Wildman–Crippen MR) is 115 cm³/mol. The summed E-state index contributed by atoms with van der Waals surface area (Å²) < 4.78 is 72.7. The number of rotatable bonds is 5. The summed E-state index contributed by atoms with van der Waals surface area (Å²) in [7, 11) is -6.13. The summed E-state index contributed by atoms with van der Waals surface area (Å²) in [5.74, 6) is -1.13. The van der Waals surface area contributed by atoms with Crippen LogP contribution >= 0.6 is 11.6 Å². The van der Waals surface area contributed by atoms with Crippen LogP contribution in [-0.4, -0.2) is 24.1 Å². The zero-order valence-corrected chi connectivity index (χ0v) is 18.3. The number of alkyl halides is 3. The van der Waals surface area contributed by atoms with Crippen LogP contribution in [0.5, 0.6) is 5.75 Å². The van der Waals surface area contributed by atoms with Gasteiger partial charge in [-0.15, -0.1) is 0 Å². The molecule has 0 saturated heterocycles. The molecule has 4 aromatic rings. The lowest BCUT2D eigenvalue weighted by molar-refractivity contribution is -0.0499. The highest BCUT2D eigenvalue weighted by Gasteiger charge is 2.49. The van der Waals surface area contributed by atoms with Crippen molar-refractivity contribution >= 4 is 32.6 Å². The number of benzene rings is 2. The van der Waals surface area contributed by atoms with E-state index in [2.05, 4.69) is 14.3 Å². The van der Waals surface area contributed by atoms with Crippen molar-refractivity contribution in [1.82, 2.24) is 10.1 Å². The molecule has 2 heterocycles. The highest BCUT2D eigenvalue weighted by Crippen LogP contribution is 2.39. The van der Waals surface area contributed by atoms with Crippen molar-refractivity contribution < 1.29 is 30.3 Å². The van der Waals surface area contributed by atoms with Gasteiger partial charge in [0, 0.05) is 16.5 Å². The molecular formula is C21H14ClF3N2O5S. The second kappa shape index (κ2) is 8.23.